The number of sulfone groups is 1. The minimum Gasteiger partial charge on any atom is -0.290 e. The van der Waals surface area contributed by atoms with Crippen molar-refractivity contribution in [3.63, 3.8) is 0 Å². The molecular weight excluding hydrogens is 304 g/mol. The molecule has 0 unspecified atom stereocenters. The first-order valence-corrected chi connectivity index (χ1v) is 7.00. The lowest BCUT2D eigenvalue weighted by Crippen LogP contribution is -2.34. The molecule has 0 saturated heterocycles. The number of rotatable bonds is 3. The fourth-order valence-electron chi connectivity index (χ4n) is 0.926. The normalized spacial score (nSPS) is 15.7. The van der Waals surface area contributed by atoms with Gasteiger partial charge in [0.05, 0.1) is 0 Å². The lowest BCUT2D eigenvalue weighted by Gasteiger charge is -2.15. The molecule has 0 bridgehead atoms. The summed E-state index contributed by atoms with van der Waals surface area (Å²) in [6.45, 7) is 0. The van der Waals surface area contributed by atoms with Crippen molar-refractivity contribution in [2.24, 2.45) is 0 Å². The summed E-state index contributed by atoms with van der Waals surface area (Å²) in [4.78, 5) is 11.8. The molecule has 0 aromatic heterocycles. The quantitative estimate of drug-likeness (QED) is 0.635. The summed E-state index contributed by atoms with van der Waals surface area (Å²) in [7, 11) is -3.72. The van der Waals surface area contributed by atoms with Crippen molar-refractivity contribution in [1.82, 2.24) is 0 Å². The van der Waals surface area contributed by atoms with Crippen LogP contribution in [0.4, 0.5) is 0 Å². The monoisotopic (exact) mass is 310 g/mol. The van der Waals surface area contributed by atoms with Crippen molar-refractivity contribution in [2.45, 2.75) is 3.12 Å². The lowest BCUT2D eigenvalue weighted by atomic mass is 10.1. The summed E-state index contributed by atoms with van der Waals surface area (Å²) in [6, 6.07) is 8.00. The summed E-state index contributed by atoms with van der Waals surface area (Å²) in [5.74, 6) is -0.688. The third-order valence-corrected chi connectivity index (χ3v) is 6.02. The van der Waals surface area contributed by atoms with Gasteiger partial charge in [-0.1, -0.05) is 41.9 Å². The van der Waals surface area contributed by atoms with Gasteiger partial charge in [0.15, 0.2) is 9.84 Å². The molecule has 0 aliphatic rings. The Balaban J connectivity index is 3.17. The molecule has 0 radical (unpaired) electrons. The van der Waals surface area contributed by atoms with Gasteiger partial charge in [-0.05, 0) is 15.9 Å². The van der Waals surface area contributed by atoms with E-state index in [2.05, 4.69) is 15.9 Å². The zero-order valence-corrected chi connectivity index (χ0v) is 10.9. The number of hydrogen-bond donors (Lipinski definition) is 0. The molecule has 0 fully saturated rings. The highest BCUT2D eigenvalue weighted by Crippen LogP contribution is 2.33. The van der Waals surface area contributed by atoms with Crippen LogP contribution in [0.1, 0.15) is 10.4 Å². The first kappa shape index (κ1) is 12.7. The van der Waals surface area contributed by atoms with E-state index in [1.54, 1.807) is 18.2 Å². The summed E-state index contributed by atoms with van der Waals surface area (Å²) in [5.41, 5.74) is 0.245. The van der Waals surface area contributed by atoms with Crippen molar-refractivity contribution in [3.8, 4) is 0 Å². The maximum atomic E-state index is 11.8. The van der Waals surface area contributed by atoms with E-state index in [4.69, 9.17) is 11.6 Å². The Morgan fingerprint density at radius 2 is 1.80 bits per heavy atom. The van der Waals surface area contributed by atoms with E-state index < -0.39 is 18.7 Å². The van der Waals surface area contributed by atoms with Gasteiger partial charge in [0.1, 0.15) is 0 Å². The van der Waals surface area contributed by atoms with Crippen LogP contribution in [0.2, 0.25) is 0 Å². The lowest BCUT2D eigenvalue weighted by molar-refractivity contribution is 0.1000. The van der Waals surface area contributed by atoms with E-state index in [-0.39, 0.29) is 5.56 Å². The van der Waals surface area contributed by atoms with Crippen LogP contribution in [0.25, 0.3) is 0 Å². The first-order chi connectivity index (χ1) is 6.77. The SMILES string of the molecule is CS(=O)(=O)[C@@](Cl)(Br)C(=O)c1ccccc1. The molecule has 0 amide bonds. The van der Waals surface area contributed by atoms with Crippen molar-refractivity contribution < 1.29 is 13.2 Å². The third kappa shape index (κ3) is 2.59. The third-order valence-electron chi connectivity index (χ3n) is 1.77. The number of Topliss-reactive ketones (excluding diaryl/α,β-unsaturated/α-hetero) is 1. The van der Waals surface area contributed by atoms with Crippen LogP contribution >= 0.6 is 27.5 Å². The zero-order chi connectivity index (χ0) is 11.7. The second-order valence-corrected chi connectivity index (χ2v) is 8.10. The molecule has 6 heteroatoms. The van der Waals surface area contributed by atoms with Gasteiger partial charge in [0.25, 0.3) is 3.12 Å². The van der Waals surface area contributed by atoms with Gasteiger partial charge in [-0.15, -0.1) is 0 Å². The molecule has 0 N–H and O–H groups in total. The van der Waals surface area contributed by atoms with Crippen LogP contribution in [-0.4, -0.2) is 23.6 Å². The number of alkyl halides is 2. The maximum Gasteiger partial charge on any atom is 0.261 e. The first-order valence-electron chi connectivity index (χ1n) is 3.94. The molecule has 3 nitrogen and oxygen atoms in total. The highest BCUT2D eigenvalue weighted by molar-refractivity contribution is 9.12. The molecule has 0 saturated carbocycles. The average molecular weight is 312 g/mol. The van der Waals surface area contributed by atoms with Crippen molar-refractivity contribution >= 4 is 43.2 Å². The molecular formula is C9H8BrClO3S. The van der Waals surface area contributed by atoms with Crippen LogP contribution in [0, 0.1) is 0 Å². The van der Waals surface area contributed by atoms with Crippen LogP contribution in [0.5, 0.6) is 0 Å². The van der Waals surface area contributed by atoms with Crippen LogP contribution in [0.3, 0.4) is 0 Å². The molecule has 82 valence electrons. The summed E-state index contributed by atoms with van der Waals surface area (Å²) >= 11 is 8.41. The van der Waals surface area contributed by atoms with Crippen LogP contribution in [0.15, 0.2) is 30.3 Å². The highest BCUT2D eigenvalue weighted by Gasteiger charge is 2.44. The Labute approximate surface area is 101 Å². The van der Waals surface area contributed by atoms with Gasteiger partial charge in [-0.2, -0.15) is 0 Å². The minimum absolute atomic E-state index is 0.245. The highest BCUT2D eigenvalue weighted by atomic mass is 79.9. The fraction of sp³-hybridized carbons (Fsp3) is 0.222. The number of hydrogen-bond acceptors (Lipinski definition) is 3. The van der Waals surface area contributed by atoms with Crippen LogP contribution in [-0.2, 0) is 9.84 Å². The summed E-state index contributed by atoms with van der Waals surface area (Å²) in [5, 5.41) is 0. The molecule has 0 aliphatic carbocycles. The van der Waals surface area contributed by atoms with E-state index >= 15 is 0 Å². The minimum atomic E-state index is -3.72. The molecule has 1 atom stereocenters. The number of carbonyl (C=O) groups is 1. The number of ketones is 1. The van der Waals surface area contributed by atoms with E-state index in [0.29, 0.717) is 0 Å². The molecule has 1 aromatic rings. The molecule has 0 heterocycles. The van der Waals surface area contributed by atoms with Crippen LogP contribution < -0.4 is 0 Å². The van der Waals surface area contributed by atoms with Crippen molar-refractivity contribution in [1.29, 1.82) is 0 Å². The number of halogens is 2. The number of carbonyl (C=O) groups excluding carboxylic acids is 1. The smallest absolute Gasteiger partial charge is 0.261 e. The van der Waals surface area contributed by atoms with Gasteiger partial charge in [0, 0.05) is 11.8 Å². The Morgan fingerprint density at radius 3 is 2.20 bits per heavy atom. The summed E-state index contributed by atoms with van der Waals surface area (Å²) < 4.78 is 20.5. The predicted octanol–water partition coefficient (Wildman–Crippen LogP) is 2.20. The van der Waals surface area contributed by atoms with E-state index in [1.165, 1.54) is 12.1 Å². The zero-order valence-electron chi connectivity index (χ0n) is 7.78. The largest absolute Gasteiger partial charge is 0.290 e. The Kier molecular flexibility index (Phi) is 3.58. The summed E-state index contributed by atoms with van der Waals surface area (Å²) in [6.07, 6.45) is 0.898. The van der Waals surface area contributed by atoms with Crippen molar-refractivity contribution in [3.05, 3.63) is 35.9 Å². The van der Waals surface area contributed by atoms with Gasteiger partial charge in [-0.3, -0.25) is 4.79 Å². The molecule has 0 aliphatic heterocycles. The Bertz CT molecular complexity index is 467. The van der Waals surface area contributed by atoms with E-state index in [1.807, 2.05) is 0 Å². The molecule has 1 rings (SSSR count). The molecule has 15 heavy (non-hydrogen) atoms. The standard InChI is InChI=1S/C9H8BrClO3S/c1-15(13,14)9(10,11)8(12)7-5-3-2-4-6-7/h2-6H,1H3/t9-/m1/s1. The van der Waals surface area contributed by atoms with E-state index in [0.717, 1.165) is 6.26 Å². The van der Waals surface area contributed by atoms with Gasteiger partial charge in [-0.25, -0.2) is 8.42 Å². The average Bonchev–Trinajstić information content (AvgIpc) is 2.16. The predicted molar refractivity (Wildman–Crippen MR) is 63.1 cm³/mol. The molecule has 0 spiro atoms. The second-order valence-electron chi connectivity index (χ2n) is 2.98. The Hall–Kier alpha value is -0.390. The van der Waals surface area contributed by atoms with E-state index in [9.17, 15) is 13.2 Å². The van der Waals surface area contributed by atoms with Gasteiger partial charge in [0.2, 0.25) is 5.78 Å². The fourth-order valence-corrected chi connectivity index (χ4v) is 1.72. The molecule has 1 aromatic carbocycles. The van der Waals surface area contributed by atoms with Gasteiger partial charge < -0.3 is 0 Å². The van der Waals surface area contributed by atoms with Gasteiger partial charge >= 0.3 is 0 Å². The topological polar surface area (TPSA) is 51.2 Å². The van der Waals surface area contributed by atoms with Crippen molar-refractivity contribution in [2.75, 3.05) is 6.26 Å². The second kappa shape index (κ2) is 4.23. The maximum absolute atomic E-state index is 11.8. The number of benzene rings is 1. The Morgan fingerprint density at radius 1 is 1.33 bits per heavy atom.